The minimum atomic E-state index is -1.79. The molecule has 14 nitrogen and oxygen atoms in total. The number of epoxide rings is 1. The molecule has 0 unspecified atom stereocenters. The number of fused-ring (bicyclic) bond motifs is 5. The van der Waals surface area contributed by atoms with E-state index in [1.54, 1.807) is 33.2 Å². The highest BCUT2D eigenvalue weighted by molar-refractivity contribution is 6.35. The Morgan fingerprint density at radius 1 is 1.14 bits per heavy atom. The number of alkyl carbamates (subject to hydrolysis) is 1. The largest absolute Gasteiger partial charge is 0.495 e. The summed E-state index contributed by atoms with van der Waals surface area (Å²) in [5, 5.41) is 17.3. The van der Waals surface area contributed by atoms with Crippen molar-refractivity contribution in [1.29, 1.82) is 0 Å². The second-order valence-electron chi connectivity index (χ2n) is 15.8. The van der Waals surface area contributed by atoms with Crippen molar-refractivity contribution in [2.75, 3.05) is 52.8 Å². The van der Waals surface area contributed by atoms with Crippen LogP contribution in [0.2, 0.25) is 5.02 Å². The van der Waals surface area contributed by atoms with Crippen LogP contribution in [-0.2, 0) is 39.8 Å². The molecule has 7 atom stereocenters. The first-order valence-electron chi connectivity index (χ1n) is 19.6. The van der Waals surface area contributed by atoms with Crippen molar-refractivity contribution in [2.24, 2.45) is 11.8 Å². The van der Waals surface area contributed by atoms with Gasteiger partial charge >= 0.3 is 12.1 Å². The molecule has 4 bridgehead atoms. The quantitative estimate of drug-likeness (QED) is 0.171. The van der Waals surface area contributed by atoms with E-state index in [4.69, 9.17) is 35.3 Å². The van der Waals surface area contributed by atoms with Crippen molar-refractivity contribution in [3.05, 3.63) is 46.5 Å². The Morgan fingerprint density at radius 3 is 2.55 bits per heavy atom. The molecule has 310 valence electrons. The summed E-state index contributed by atoms with van der Waals surface area (Å²) >= 11 is 6.78. The lowest BCUT2D eigenvalue weighted by atomic mass is 9.83. The molecule has 3 amide bonds. The molecule has 1 aromatic rings. The number of hydrogen-bond acceptors (Lipinski definition) is 11. The van der Waals surface area contributed by atoms with Gasteiger partial charge in [0.25, 0.3) is 0 Å². The fourth-order valence-electron chi connectivity index (χ4n) is 8.23. The first kappa shape index (κ1) is 43.4. The van der Waals surface area contributed by atoms with Gasteiger partial charge in [-0.05, 0) is 83.3 Å². The molecule has 0 aromatic heterocycles. The maximum Gasteiger partial charge on any atom is 0.409 e. The molecule has 3 fully saturated rings. The van der Waals surface area contributed by atoms with E-state index in [-0.39, 0.29) is 42.0 Å². The van der Waals surface area contributed by atoms with Gasteiger partial charge < -0.3 is 43.9 Å². The number of esters is 1. The number of halogens is 1. The average Bonchev–Trinajstić information content (AvgIpc) is 3.87. The van der Waals surface area contributed by atoms with Crippen LogP contribution >= 0.6 is 11.6 Å². The van der Waals surface area contributed by atoms with E-state index in [1.807, 2.05) is 32.1 Å². The number of amides is 3. The first-order valence-corrected chi connectivity index (χ1v) is 20.0. The second-order valence-corrected chi connectivity index (χ2v) is 16.2. The van der Waals surface area contributed by atoms with Crippen molar-refractivity contribution in [2.45, 2.75) is 114 Å². The molecule has 4 aliphatic rings. The number of carbonyl (C=O) groups excluding carboxylic acids is 4. The number of methoxy groups -OCH3 is 2. The number of nitrogens with zero attached hydrogens (tertiary/aromatic N) is 2. The van der Waals surface area contributed by atoms with Gasteiger partial charge in [-0.25, -0.2) is 4.79 Å². The number of anilines is 1. The number of aliphatic hydroxyl groups is 1. The maximum absolute atomic E-state index is 14.1. The van der Waals surface area contributed by atoms with Gasteiger partial charge in [-0.1, -0.05) is 48.7 Å². The molecule has 0 saturated carbocycles. The van der Waals surface area contributed by atoms with Crippen LogP contribution in [0, 0.1) is 11.8 Å². The van der Waals surface area contributed by atoms with Crippen LogP contribution in [-0.4, -0.2) is 118 Å². The Morgan fingerprint density at radius 2 is 1.88 bits per heavy atom. The molecular formula is C41H59ClN4O10. The van der Waals surface area contributed by atoms with Crippen molar-refractivity contribution < 1.29 is 48.0 Å². The van der Waals surface area contributed by atoms with E-state index in [0.717, 1.165) is 56.5 Å². The highest BCUT2D eigenvalue weighted by atomic mass is 35.5. The van der Waals surface area contributed by atoms with E-state index < -0.39 is 53.7 Å². The van der Waals surface area contributed by atoms with Crippen molar-refractivity contribution in [1.82, 2.24) is 15.5 Å². The van der Waals surface area contributed by atoms with Crippen LogP contribution in [0.5, 0.6) is 5.75 Å². The number of ether oxygens (including phenoxy) is 5. The van der Waals surface area contributed by atoms with Gasteiger partial charge in [0.1, 0.15) is 34.7 Å². The van der Waals surface area contributed by atoms with E-state index in [0.29, 0.717) is 24.3 Å². The third-order valence-electron chi connectivity index (χ3n) is 11.8. The van der Waals surface area contributed by atoms with Crippen LogP contribution in [0.25, 0.3) is 0 Å². The Hall–Kier alpha value is -3.69. The number of rotatable bonds is 10. The molecule has 56 heavy (non-hydrogen) atoms. The third-order valence-corrected chi connectivity index (χ3v) is 12.2. The SMILES string of the molecule is CNC(=O)C1CCN(CCCCCC(=O)O[C@H]2CC(=O)N(C)c3cc(cc(OC)c3Cl)C/C(C)=C/C=C/[C@@H](OC)[C@@]3(O)C[C@H](OC(=O)N3)[C@@H](C)[C@@H]3O[C@@]23C)CC1. The predicted octanol–water partition coefficient (Wildman–Crippen LogP) is 4.69. The smallest absolute Gasteiger partial charge is 0.409 e. The van der Waals surface area contributed by atoms with E-state index in [2.05, 4.69) is 15.5 Å². The lowest BCUT2D eigenvalue weighted by molar-refractivity contribution is -0.154. The van der Waals surface area contributed by atoms with Gasteiger partial charge in [0.2, 0.25) is 11.8 Å². The molecule has 0 radical (unpaired) electrons. The number of benzene rings is 1. The number of carbonyl (C=O) groups is 4. The number of allylic oxidation sites excluding steroid dienone is 3. The molecule has 5 rings (SSSR count). The molecular weight excluding hydrogens is 744 g/mol. The van der Waals surface area contributed by atoms with Crippen LogP contribution in [0.4, 0.5) is 10.5 Å². The topological polar surface area (TPSA) is 169 Å². The number of hydrogen-bond donors (Lipinski definition) is 3. The van der Waals surface area contributed by atoms with Crippen LogP contribution in [0.3, 0.4) is 0 Å². The van der Waals surface area contributed by atoms with Crippen LogP contribution in [0.15, 0.2) is 35.9 Å². The predicted molar refractivity (Wildman–Crippen MR) is 210 cm³/mol. The molecule has 1 aromatic carbocycles. The fraction of sp³-hybridized carbons (Fsp3) is 0.659. The summed E-state index contributed by atoms with van der Waals surface area (Å²) in [6.07, 6.45) is 5.71. The number of nitrogens with one attached hydrogen (secondary N) is 2. The summed E-state index contributed by atoms with van der Waals surface area (Å²) in [6, 6.07) is 3.65. The van der Waals surface area contributed by atoms with Crippen LogP contribution in [0.1, 0.15) is 77.7 Å². The van der Waals surface area contributed by atoms with Crippen molar-refractivity contribution in [3.63, 3.8) is 0 Å². The zero-order valence-corrected chi connectivity index (χ0v) is 34.5. The summed E-state index contributed by atoms with van der Waals surface area (Å²) in [5.74, 6) is -0.687. The van der Waals surface area contributed by atoms with Gasteiger partial charge in [0, 0.05) is 45.9 Å². The molecule has 4 aliphatic heterocycles. The Balaban J connectivity index is 1.34. The molecule has 3 saturated heterocycles. The summed E-state index contributed by atoms with van der Waals surface area (Å²) in [6.45, 7) is 8.22. The summed E-state index contributed by atoms with van der Waals surface area (Å²) in [7, 11) is 6.26. The minimum absolute atomic E-state index is 0.0102. The number of likely N-dealkylation sites (tertiary alicyclic amines) is 1. The van der Waals surface area contributed by atoms with Gasteiger partial charge in [-0.15, -0.1) is 0 Å². The van der Waals surface area contributed by atoms with Gasteiger partial charge in [0.05, 0.1) is 25.3 Å². The molecule has 0 spiro atoms. The minimum Gasteiger partial charge on any atom is -0.495 e. The molecule has 3 N–H and O–H groups in total. The summed E-state index contributed by atoms with van der Waals surface area (Å²) < 4.78 is 29.3. The highest BCUT2D eigenvalue weighted by Gasteiger charge is 2.64. The standard InChI is InChI=1S/C41H59ClN4O10/c1-25-12-11-13-32(53-7)41(51)24-31(54-39(50)44-41)26(2)37-40(3,56-37)33(23-34(47)45(5)29-21-27(20-25)22-30(52-6)36(29)42)55-35(48)14-9-8-10-17-46-18-15-28(16-19-46)38(49)43-4/h11-13,21-22,26,28,31-33,37,51H,8-10,14-20,23-24H2,1-7H3,(H,43,49)(H,44,50)/b13-11+,25-12+/t26-,31+,32-,33+,37+,40+,41+/m1/s1. The number of piperidine rings is 1. The normalized spacial score (nSPS) is 31.9. The maximum atomic E-state index is 14.1. The summed E-state index contributed by atoms with van der Waals surface area (Å²) in [5.41, 5.74) is -0.663. The van der Waals surface area contributed by atoms with Crippen molar-refractivity contribution >= 4 is 41.2 Å². The van der Waals surface area contributed by atoms with Gasteiger partial charge in [-0.3, -0.25) is 19.7 Å². The lowest BCUT2D eigenvalue weighted by Crippen LogP contribution is -2.63. The summed E-state index contributed by atoms with van der Waals surface area (Å²) in [4.78, 5) is 56.2. The Kier molecular flexibility index (Phi) is 14.5. The van der Waals surface area contributed by atoms with Crippen molar-refractivity contribution in [3.8, 4) is 5.75 Å². The fourth-order valence-corrected chi connectivity index (χ4v) is 8.54. The van der Waals surface area contributed by atoms with E-state index in [9.17, 15) is 24.3 Å². The molecule has 15 heteroatoms. The average molecular weight is 803 g/mol. The third kappa shape index (κ3) is 10.2. The van der Waals surface area contributed by atoms with E-state index in [1.165, 1.54) is 19.1 Å². The van der Waals surface area contributed by atoms with Gasteiger partial charge in [-0.2, -0.15) is 0 Å². The first-order chi connectivity index (χ1) is 26.6. The Bertz CT molecular complexity index is 1660. The monoisotopic (exact) mass is 802 g/mol. The Labute approximate surface area is 335 Å². The highest BCUT2D eigenvalue weighted by Crippen LogP contribution is 2.49. The zero-order chi connectivity index (χ0) is 40.8. The lowest BCUT2D eigenvalue weighted by Gasteiger charge is -2.42. The molecule has 0 aliphatic carbocycles. The molecule has 4 heterocycles. The zero-order valence-electron chi connectivity index (χ0n) is 33.7. The van der Waals surface area contributed by atoms with Gasteiger partial charge in [0.15, 0.2) is 5.72 Å². The van der Waals surface area contributed by atoms with Crippen LogP contribution < -0.4 is 20.3 Å². The number of unbranched alkanes of at least 4 members (excludes halogenated alkanes) is 2. The van der Waals surface area contributed by atoms with E-state index >= 15 is 0 Å². The second kappa shape index (κ2) is 18.7.